The molecule has 1 aromatic heterocycles. The van der Waals surface area contributed by atoms with Gasteiger partial charge in [-0.3, -0.25) is 9.89 Å². The normalized spacial score (nSPS) is 11.9. The monoisotopic (exact) mass is 238 g/mol. The SMILES string of the molecule is CC(C)(C(=O)O)c1cccc2n[nH]c(Cl)c12. The molecule has 0 aliphatic rings. The van der Waals surface area contributed by atoms with E-state index in [1.54, 1.807) is 32.0 Å². The third-order valence-corrected chi connectivity index (χ3v) is 3.02. The van der Waals surface area contributed by atoms with E-state index in [1.807, 2.05) is 0 Å². The van der Waals surface area contributed by atoms with Gasteiger partial charge in [-0.1, -0.05) is 23.7 Å². The number of nitrogens with one attached hydrogen (secondary N) is 1. The lowest BCUT2D eigenvalue weighted by atomic mass is 9.83. The van der Waals surface area contributed by atoms with Crippen LogP contribution in [0.2, 0.25) is 5.15 Å². The summed E-state index contributed by atoms with van der Waals surface area (Å²) in [5, 5.41) is 16.9. The van der Waals surface area contributed by atoms with Crippen molar-refractivity contribution in [3.8, 4) is 0 Å². The first-order valence-electron chi connectivity index (χ1n) is 4.81. The fourth-order valence-corrected chi connectivity index (χ4v) is 1.91. The Labute approximate surface area is 97.2 Å². The summed E-state index contributed by atoms with van der Waals surface area (Å²) in [6, 6.07) is 5.33. The Bertz CT molecular complexity index is 560. The van der Waals surface area contributed by atoms with E-state index in [1.165, 1.54) is 0 Å². The Morgan fingerprint density at radius 3 is 2.81 bits per heavy atom. The quantitative estimate of drug-likeness (QED) is 0.845. The van der Waals surface area contributed by atoms with Crippen molar-refractivity contribution in [3.63, 3.8) is 0 Å². The molecule has 0 bridgehead atoms. The summed E-state index contributed by atoms with van der Waals surface area (Å²) in [5.74, 6) is -0.891. The molecular formula is C11H11ClN2O2. The van der Waals surface area contributed by atoms with E-state index in [4.69, 9.17) is 11.6 Å². The molecule has 0 amide bonds. The summed E-state index contributed by atoms with van der Waals surface area (Å²) in [7, 11) is 0. The molecule has 1 aromatic carbocycles. The zero-order valence-corrected chi connectivity index (χ0v) is 9.67. The number of rotatable bonds is 2. The second kappa shape index (κ2) is 3.49. The molecule has 2 aromatic rings. The largest absolute Gasteiger partial charge is 0.481 e. The standard InChI is InChI=1S/C11H11ClN2O2/c1-11(2,10(15)16)6-4-3-5-7-8(6)9(12)14-13-7/h3-5H,1-2H3,(H,13,14)(H,15,16). The van der Waals surface area contributed by atoms with E-state index >= 15 is 0 Å². The van der Waals surface area contributed by atoms with E-state index in [0.717, 1.165) is 0 Å². The second-order valence-electron chi connectivity index (χ2n) is 4.17. The number of carbonyl (C=O) groups is 1. The number of aromatic nitrogens is 2. The average molecular weight is 239 g/mol. The van der Waals surface area contributed by atoms with Crippen LogP contribution in [0.3, 0.4) is 0 Å². The molecule has 0 aliphatic carbocycles. The van der Waals surface area contributed by atoms with Gasteiger partial charge in [-0.25, -0.2) is 0 Å². The van der Waals surface area contributed by atoms with Crippen molar-refractivity contribution in [1.82, 2.24) is 10.2 Å². The molecular weight excluding hydrogens is 228 g/mol. The van der Waals surface area contributed by atoms with Gasteiger partial charge in [0.15, 0.2) is 0 Å². The van der Waals surface area contributed by atoms with Crippen molar-refractivity contribution in [2.24, 2.45) is 0 Å². The van der Waals surface area contributed by atoms with Gasteiger partial charge < -0.3 is 5.11 Å². The summed E-state index contributed by atoms with van der Waals surface area (Å²) in [5.41, 5.74) is 0.348. The number of hydrogen-bond donors (Lipinski definition) is 2. The van der Waals surface area contributed by atoms with Gasteiger partial charge in [-0.05, 0) is 25.5 Å². The molecule has 84 valence electrons. The van der Waals surface area contributed by atoms with Gasteiger partial charge >= 0.3 is 5.97 Å². The summed E-state index contributed by atoms with van der Waals surface area (Å²) in [6.45, 7) is 3.29. The first kappa shape index (κ1) is 11.0. The Balaban J connectivity index is 2.78. The topological polar surface area (TPSA) is 66.0 Å². The predicted octanol–water partition coefficient (Wildman–Crippen LogP) is 2.58. The number of aromatic amines is 1. The maximum atomic E-state index is 11.2. The zero-order valence-electron chi connectivity index (χ0n) is 8.91. The summed E-state index contributed by atoms with van der Waals surface area (Å²) >= 11 is 5.98. The molecule has 16 heavy (non-hydrogen) atoms. The molecule has 0 atom stereocenters. The third-order valence-electron chi connectivity index (χ3n) is 2.74. The van der Waals surface area contributed by atoms with Crippen LogP contribution < -0.4 is 0 Å². The number of carboxylic acid groups (broad SMARTS) is 1. The number of fused-ring (bicyclic) bond motifs is 1. The van der Waals surface area contributed by atoms with E-state index in [0.29, 0.717) is 21.6 Å². The molecule has 0 fully saturated rings. The first-order chi connectivity index (χ1) is 7.44. The van der Waals surface area contributed by atoms with E-state index in [-0.39, 0.29) is 0 Å². The van der Waals surface area contributed by atoms with E-state index < -0.39 is 11.4 Å². The van der Waals surface area contributed by atoms with Gasteiger partial charge in [0.1, 0.15) is 5.15 Å². The number of benzene rings is 1. The van der Waals surface area contributed by atoms with Gasteiger partial charge in [0, 0.05) is 5.39 Å². The highest BCUT2D eigenvalue weighted by atomic mass is 35.5. The molecule has 0 aliphatic heterocycles. The van der Waals surface area contributed by atoms with Crippen molar-refractivity contribution in [3.05, 3.63) is 28.9 Å². The number of H-pyrrole nitrogens is 1. The molecule has 2 N–H and O–H groups in total. The molecule has 0 unspecified atom stereocenters. The highest BCUT2D eigenvalue weighted by molar-refractivity contribution is 6.34. The summed E-state index contributed by atoms with van der Waals surface area (Å²) in [4.78, 5) is 11.2. The fourth-order valence-electron chi connectivity index (χ4n) is 1.67. The first-order valence-corrected chi connectivity index (χ1v) is 5.19. The molecule has 0 saturated carbocycles. The Morgan fingerprint density at radius 1 is 1.50 bits per heavy atom. The lowest BCUT2D eigenvalue weighted by molar-refractivity contribution is -0.142. The minimum absolute atomic E-state index is 0.375. The molecule has 5 heteroatoms. The van der Waals surface area contributed by atoms with Crippen LogP contribution in [0.15, 0.2) is 18.2 Å². The fraction of sp³-hybridized carbons (Fsp3) is 0.273. The zero-order chi connectivity index (χ0) is 11.9. The third kappa shape index (κ3) is 1.46. The van der Waals surface area contributed by atoms with Gasteiger partial charge in [-0.2, -0.15) is 5.10 Å². The molecule has 0 spiro atoms. The maximum Gasteiger partial charge on any atom is 0.313 e. The lowest BCUT2D eigenvalue weighted by Gasteiger charge is -2.20. The molecule has 0 saturated heterocycles. The predicted molar refractivity (Wildman–Crippen MR) is 61.8 cm³/mol. The van der Waals surface area contributed by atoms with E-state index in [9.17, 15) is 9.90 Å². The van der Waals surface area contributed by atoms with Gasteiger partial charge in [0.25, 0.3) is 0 Å². The van der Waals surface area contributed by atoms with Gasteiger partial charge in [0.2, 0.25) is 0 Å². The second-order valence-corrected chi connectivity index (χ2v) is 4.55. The maximum absolute atomic E-state index is 11.2. The summed E-state index contributed by atoms with van der Waals surface area (Å²) in [6.07, 6.45) is 0. The Kier molecular flexibility index (Phi) is 2.39. The lowest BCUT2D eigenvalue weighted by Crippen LogP contribution is -2.28. The van der Waals surface area contributed by atoms with Crippen LogP contribution >= 0.6 is 11.6 Å². The molecule has 2 rings (SSSR count). The minimum atomic E-state index is -0.993. The van der Waals surface area contributed by atoms with Crippen LogP contribution in [0.5, 0.6) is 0 Å². The molecule has 0 radical (unpaired) electrons. The summed E-state index contributed by atoms with van der Waals surface area (Å²) < 4.78 is 0. The van der Waals surface area contributed by atoms with Crippen molar-refractivity contribution in [2.75, 3.05) is 0 Å². The van der Waals surface area contributed by atoms with Crippen LogP contribution in [-0.2, 0) is 10.2 Å². The number of nitrogens with zero attached hydrogens (tertiary/aromatic N) is 1. The molecule has 1 heterocycles. The average Bonchev–Trinajstić information content (AvgIpc) is 2.60. The molecule has 4 nitrogen and oxygen atoms in total. The van der Waals surface area contributed by atoms with Crippen LogP contribution in [0, 0.1) is 0 Å². The highest BCUT2D eigenvalue weighted by Crippen LogP contribution is 2.33. The number of hydrogen-bond acceptors (Lipinski definition) is 2. The van der Waals surface area contributed by atoms with Crippen LogP contribution in [0.1, 0.15) is 19.4 Å². The van der Waals surface area contributed by atoms with Crippen LogP contribution in [-0.4, -0.2) is 21.3 Å². The number of aliphatic carboxylic acids is 1. The number of carboxylic acids is 1. The van der Waals surface area contributed by atoms with Crippen LogP contribution in [0.4, 0.5) is 0 Å². The van der Waals surface area contributed by atoms with Crippen molar-refractivity contribution < 1.29 is 9.90 Å². The minimum Gasteiger partial charge on any atom is -0.481 e. The Hall–Kier alpha value is -1.55. The van der Waals surface area contributed by atoms with Crippen LogP contribution in [0.25, 0.3) is 10.9 Å². The van der Waals surface area contributed by atoms with E-state index in [2.05, 4.69) is 10.2 Å². The van der Waals surface area contributed by atoms with Crippen molar-refractivity contribution in [1.29, 1.82) is 0 Å². The number of halogens is 1. The van der Waals surface area contributed by atoms with Gasteiger partial charge in [-0.15, -0.1) is 0 Å². The van der Waals surface area contributed by atoms with Gasteiger partial charge in [0.05, 0.1) is 10.9 Å². The Morgan fingerprint density at radius 2 is 2.19 bits per heavy atom. The van der Waals surface area contributed by atoms with Crippen molar-refractivity contribution >= 4 is 28.5 Å². The van der Waals surface area contributed by atoms with Crippen molar-refractivity contribution in [2.45, 2.75) is 19.3 Å². The smallest absolute Gasteiger partial charge is 0.313 e. The highest BCUT2D eigenvalue weighted by Gasteiger charge is 2.32.